The molecular weight excluding hydrogens is 370 g/mol. The molecule has 3 aromatic rings. The van der Waals surface area contributed by atoms with Gasteiger partial charge in [-0.15, -0.1) is 5.10 Å². The first-order valence-electron chi connectivity index (χ1n) is 9.83. The van der Waals surface area contributed by atoms with E-state index in [-0.39, 0.29) is 24.1 Å². The highest BCUT2D eigenvalue weighted by Gasteiger charge is 2.47. The number of aromatic nitrogens is 4. The number of aliphatic carboxylic acids is 1. The van der Waals surface area contributed by atoms with Gasteiger partial charge in [0.25, 0.3) is 5.91 Å². The van der Waals surface area contributed by atoms with Crippen molar-refractivity contribution in [1.82, 2.24) is 24.9 Å². The molecule has 1 aliphatic heterocycles. The number of amides is 1. The number of likely N-dealkylation sites (tertiary alicyclic amines) is 1. The fourth-order valence-corrected chi connectivity index (χ4v) is 4.42. The molecule has 8 nitrogen and oxygen atoms in total. The Bertz CT molecular complexity index is 1120. The number of carbonyl (C=O) groups excluding carboxylic acids is 1. The monoisotopic (exact) mass is 391 g/mol. The molecule has 2 fully saturated rings. The maximum atomic E-state index is 13.1. The Morgan fingerprint density at radius 2 is 1.93 bits per heavy atom. The molecule has 29 heavy (non-hydrogen) atoms. The normalized spacial score (nSPS) is 21.6. The molecule has 1 saturated heterocycles. The third kappa shape index (κ3) is 2.95. The number of pyridine rings is 1. The van der Waals surface area contributed by atoms with Gasteiger partial charge in [-0.1, -0.05) is 23.4 Å². The van der Waals surface area contributed by atoms with Crippen molar-refractivity contribution >= 4 is 22.8 Å². The molecule has 8 heteroatoms. The van der Waals surface area contributed by atoms with Gasteiger partial charge in [-0.2, -0.15) is 0 Å². The Kier molecular flexibility index (Phi) is 4.08. The standard InChI is InChI=1S/C21H21N5O3/c1-12-18(20(27)25-10-15(13-7-8-13)16(11-25)21(28)29)23-24-26(12)17-6-2-4-14-5-3-9-22-19(14)17/h2-6,9,13,15-16H,7-8,10-11H2,1H3,(H,28,29)/t15-,16+/m1/s1. The SMILES string of the molecule is Cc1c(C(=O)N2C[C@H](C(=O)O)[C@@H](C3CC3)C2)nnn1-c1cccc2cccnc12. The second-order valence-electron chi connectivity index (χ2n) is 7.94. The van der Waals surface area contributed by atoms with Gasteiger partial charge in [-0.25, -0.2) is 4.68 Å². The molecule has 2 aromatic heterocycles. The molecule has 1 N–H and O–H groups in total. The van der Waals surface area contributed by atoms with E-state index >= 15 is 0 Å². The Morgan fingerprint density at radius 1 is 1.14 bits per heavy atom. The van der Waals surface area contributed by atoms with Gasteiger partial charge in [-0.3, -0.25) is 14.6 Å². The van der Waals surface area contributed by atoms with Crippen molar-refractivity contribution < 1.29 is 14.7 Å². The molecule has 0 bridgehead atoms. The van der Waals surface area contributed by atoms with Crippen LogP contribution in [0.15, 0.2) is 36.5 Å². The molecular formula is C21H21N5O3. The van der Waals surface area contributed by atoms with E-state index in [1.807, 2.05) is 30.3 Å². The smallest absolute Gasteiger partial charge is 0.308 e. The van der Waals surface area contributed by atoms with Crippen LogP contribution in [0.4, 0.5) is 0 Å². The number of nitrogens with zero attached hydrogens (tertiary/aromatic N) is 5. The van der Waals surface area contributed by atoms with E-state index in [0.29, 0.717) is 18.2 Å². The second-order valence-corrected chi connectivity index (χ2v) is 7.94. The minimum absolute atomic E-state index is 0.0362. The zero-order valence-corrected chi connectivity index (χ0v) is 16.0. The van der Waals surface area contributed by atoms with Gasteiger partial charge in [0.1, 0.15) is 0 Å². The minimum Gasteiger partial charge on any atom is -0.481 e. The van der Waals surface area contributed by atoms with Crippen LogP contribution in [-0.2, 0) is 4.79 Å². The van der Waals surface area contributed by atoms with E-state index in [9.17, 15) is 14.7 Å². The summed E-state index contributed by atoms with van der Waals surface area (Å²) in [5.74, 6) is -1.11. The third-order valence-corrected chi connectivity index (χ3v) is 6.13. The highest BCUT2D eigenvalue weighted by Crippen LogP contribution is 2.44. The van der Waals surface area contributed by atoms with E-state index in [2.05, 4.69) is 15.3 Å². The average Bonchev–Trinajstić information content (AvgIpc) is 3.36. The highest BCUT2D eigenvalue weighted by molar-refractivity contribution is 5.94. The summed E-state index contributed by atoms with van der Waals surface area (Å²) >= 11 is 0. The van der Waals surface area contributed by atoms with Gasteiger partial charge in [0.05, 0.1) is 22.8 Å². The van der Waals surface area contributed by atoms with Crippen LogP contribution in [0.25, 0.3) is 16.6 Å². The number of carboxylic acids is 1. The van der Waals surface area contributed by atoms with Gasteiger partial charge in [0, 0.05) is 24.7 Å². The van der Waals surface area contributed by atoms with E-state index in [1.165, 1.54) is 0 Å². The Labute approximate surface area is 167 Å². The number of hydrogen-bond acceptors (Lipinski definition) is 5. The van der Waals surface area contributed by atoms with E-state index < -0.39 is 11.9 Å². The molecule has 0 spiro atoms. The van der Waals surface area contributed by atoms with E-state index in [1.54, 1.807) is 22.7 Å². The van der Waals surface area contributed by atoms with Crippen LogP contribution in [-0.4, -0.2) is 55.0 Å². The lowest BCUT2D eigenvalue weighted by Crippen LogP contribution is -2.30. The average molecular weight is 391 g/mol. The lowest BCUT2D eigenvalue weighted by atomic mass is 9.92. The first kappa shape index (κ1) is 17.8. The molecule has 0 radical (unpaired) electrons. The zero-order chi connectivity index (χ0) is 20.1. The maximum absolute atomic E-state index is 13.1. The van der Waals surface area contributed by atoms with Crippen LogP contribution < -0.4 is 0 Å². The zero-order valence-electron chi connectivity index (χ0n) is 16.0. The number of benzene rings is 1. The fourth-order valence-electron chi connectivity index (χ4n) is 4.42. The summed E-state index contributed by atoms with van der Waals surface area (Å²) in [6, 6.07) is 9.62. The Morgan fingerprint density at radius 3 is 2.69 bits per heavy atom. The molecule has 5 rings (SSSR count). The van der Waals surface area contributed by atoms with E-state index in [0.717, 1.165) is 29.4 Å². The molecule has 148 valence electrons. The highest BCUT2D eigenvalue weighted by atomic mass is 16.4. The summed E-state index contributed by atoms with van der Waals surface area (Å²) in [7, 11) is 0. The molecule has 1 saturated carbocycles. The van der Waals surface area contributed by atoms with Crippen LogP contribution in [0.1, 0.15) is 29.0 Å². The van der Waals surface area contributed by atoms with Crippen molar-refractivity contribution in [3.63, 3.8) is 0 Å². The van der Waals surface area contributed by atoms with Gasteiger partial charge < -0.3 is 10.0 Å². The molecule has 1 aromatic carbocycles. The summed E-state index contributed by atoms with van der Waals surface area (Å²) in [5, 5.41) is 18.9. The van der Waals surface area contributed by atoms with E-state index in [4.69, 9.17) is 0 Å². The summed E-state index contributed by atoms with van der Waals surface area (Å²) < 4.78 is 1.63. The lowest BCUT2D eigenvalue weighted by Gasteiger charge is -2.15. The summed E-state index contributed by atoms with van der Waals surface area (Å²) in [6.45, 7) is 2.51. The van der Waals surface area contributed by atoms with Gasteiger partial charge in [-0.05, 0) is 43.7 Å². The van der Waals surface area contributed by atoms with Crippen molar-refractivity contribution in [3.05, 3.63) is 47.9 Å². The number of carbonyl (C=O) groups is 2. The van der Waals surface area contributed by atoms with Crippen LogP contribution in [0.3, 0.4) is 0 Å². The van der Waals surface area contributed by atoms with Crippen molar-refractivity contribution in [2.45, 2.75) is 19.8 Å². The molecule has 1 amide bonds. The van der Waals surface area contributed by atoms with Crippen molar-refractivity contribution in [2.24, 2.45) is 17.8 Å². The Balaban J connectivity index is 1.47. The molecule has 3 heterocycles. The van der Waals surface area contributed by atoms with Crippen molar-refractivity contribution in [3.8, 4) is 5.69 Å². The number of carboxylic acid groups (broad SMARTS) is 1. The largest absolute Gasteiger partial charge is 0.481 e. The quantitative estimate of drug-likeness (QED) is 0.732. The number of para-hydroxylation sites is 1. The molecule has 0 unspecified atom stereocenters. The van der Waals surface area contributed by atoms with Crippen LogP contribution in [0.5, 0.6) is 0 Å². The summed E-state index contributed by atoms with van der Waals surface area (Å²) in [6.07, 6.45) is 3.83. The van der Waals surface area contributed by atoms with Gasteiger partial charge in [0.15, 0.2) is 5.69 Å². The number of rotatable bonds is 4. The minimum atomic E-state index is -0.820. The van der Waals surface area contributed by atoms with Gasteiger partial charge in [0.2, 0.25) is 0 Å². The van der Waals surface area contributed by atoms with Crippen LogP contribution in [0.2, 0.25) is 0 Å². The molecule has 1 aliphatic carbocycles. The predicted molar refractivity (Wildman–Crippen MR) is 105 cm³/mol. The van der Waals surface area contributed by atoms with Gasteiger partial charge >= 0.3 is 5.97 Å². The van der Waals surface area contributed by atoms with Crippen LogP contribution in [0, 0.1) is 24.7 Å². The Hall–Kier alpha value is -3.29. The van der Waals surface area contributed by atoms with Crippen molar-refractivity contribution in [2.75, 3.05) is 13.1 Å². The topological polar surface area (TPSA) is 101 Å². The number of hydrogen-bond donors (Lipinski definition) is 1. The first-order chi connectivity index (χ1) is 14.0. The molecule has 2 atom stereocenters. The predicted octanol–water partition coefficient (Wildman–Crippen LogP) is 2.31. The third-order valence-electron chi connectivity index (χ3n) is 6.13. The van der Waals surface area contributed by atoms with Crippen molar-refractivity contribution in [1.29, 1.82) is 0 Å². The lowest BCUT2D eigenvalue weighted by molar-refractivity contribution is -0.142. The summed E-state index contributed by atoms with van der Waals surface area (Å²) in [5.41, 5.74) is 2.42. The number of fused-ring (bicyclic) bond motifs is 1. The maximum Gasteiger partial charge on any atom is 0.308 e. The summed E-state index contributed by atoms with van der Waals surface area (Å²) in [4.78, 5) is 30.9. The fraction of sp³-hybridized carbons (Fsp3) is 0.381. The first-order valence-corrected chi connectivity index (χ1v) is 9.83. The second kappa shape index (κ2) is 6.65. The van der Waals surface area contributed by atoms with Crippen LogP contribution >= 0.6 is 0 Å². The molecule has 2 aliphatic rings.